The molecular weight excluding hydrogens is 382 g/mol. The lowest BCUT2D eigenvalue weighted by Gasteiger charge is -2.25. The average Bonchev–Trinajstić information content (AvgIpc) is 3.21. The van der Waals surface area contributed by atoms with Gasteiger partial charge in [-0.1, -0.05) is 58.0 Å². The smallest absolute Gasteiger partial charge is 0.243 e. The Balaban J connectivity index is 2.03. The van der Waals surface area contributed by atoms with Crippen LogP contribution in [0.4, 0.5) is 5.69 Å². The topological polar surface area (TPSA) is 32.5 Å². The Labute approximate surface area is 187 Å². The van der Waals surface area contributed by atoms with E-state index in [1.54, 1.807) is 0 Å². The third-order valence-electron chi connectivity index (χ3n) is 5.37. The van der Waals surface area contributed by atoms with Crippen molar-refractivity contribution in [3.63, 3.8) is 0 Å². The van der Waals surface area contributed by atoms with Crippen LogP contribution in [0, 0.1) is 0 Å². The maximum atomic E-state index is 6.38. The van der Waals surface area contributed by atoms with Crippen LogP contribution in [0.2, 0.25) is 0 Å². The summed E-state index contributed by atoms with van der Waals surface area (Å²) < 4.78 is 6.38. The van der Waals surface area contributed by atoms with Gasteiger partial charge in [-0.3, -0.25) is 0 Å². The Morgan fingerprint density at radius 1 is 0.839 bits per heavy atom. The van der Waals surface area contributed by atoms with Crippen molar-refractivity contribution >= 4 is 28.6 Å². The van der Waals surface area contributed by atoms with E-state index >= 15 is 0 Å². The van der Waals surface area contributed by atoms with E-state index in [9.17, 15) is 0 Å². The first-order valence-corrected chi connectivity index (χ1v) is 11.9. The third-order valence-corrected chi connectivity index (χ3v) is 5.37. The number of aromatic nitrogens is 1. The molecule has 0 aliphatic carbocycles. The summed E-state index contributed by atoms with van der Waals surface area (Å²) in [7, 11) is 0. The third kappa shape index (κ3) is 5.90. The maximum Gasteiger partial charge on any atom is 0.243 e. The molecule has 0 saturated heterocycles. The summed E-state index contributed by atoms with van der Waals surface area (Å²) in [6.07, 6.45) is 6.63. The molecule has 0 aliphatic heterocycles. The lowest BCUT2D eigenvalue weighted by atomic mass is 10.1. The first-order valence-electron chi connectivity index (χ1n) is 11.9. The van der Waals surface area contributed by atoms with Gasteiger partial charge < -0.3 is 14.2 Å². The molecule has 0 N–H and O–H groups in total. The van der Waals surface area contributed by atoms with Crippen molar-refractivity contribution in [1.82, 2.24) is 9.88 Å². The minimum Gasteiger partial charge on any atom is -0.435 e. The normalized spacial score (nSPS) is 11.8. The summed E-state index contributed by atoms with van der Waals surface area (Å²) in [4.78, 5) is 9.73. The van der Waals surface area contributed by atoms with Gasteiger partial charge in [0.25, 0.3) is 0 Å². The number of rotatable bonds is 12. The van der Waals surface area contributed by atoms with Crippen molar-refractivity contribution in [3.05, 3.63) is 60.0 Å². The molecule has 0 spiro atoms. The largest absolute Gasteiger partial charge is 0.435 e. The minimum absolute atomic E-state index is 0.704. The second kappa shape index (κ2) is 11.6. The molecule has 166 valence electrons. The van der Waals surface area contributed by atoms with Crippen molar-refractivity contribution in [2.45, 2.75) is 53.4 Å². The Bertz CT molecular complexity index is 949. The molecule has 0 unspecified atom stereocenters. The summed E-state index contributed by atoms with van der Waals surface area (Å²) in [6.45, 7) is 13.0. The Kier molecular flexibility index (Phi) is 8.57. The predicted molar refractivity (Wildman–Crippen MR) is 133 cm³/mol. The highest BCUT2D eigenvalue weighted by atomic mass is 16.3. The van der Waals surface area contributed by atoms with Gasteiger partial charge in [0.2, 0.25) is 5.89 Å². The molecule has 2 aromatic carbocycles. The zero-order valence-electron chi connectivity index (χ0n) is 19.6. The van der Waals surface area contributed by atoms with Gasteiger partial charge in [-0.25, -0.2) is 4.98 Å². The second-order valence-corrected chi connectivity index (χ2v) is 8.09. The van der Waals surface area contributed by atoms with E-state index in [0.717, 1.165) is 74.2 Å². The molecule has 4 heteroatoms. The van der Waals surface area contributed by atoms with Crippen molar-refractivity contribution in [2.24, 2.45) is 0 Å². The highest BCUT2D eigenvalue weighted by molar-refractivity contribution is 5.83. The Hall–Kier alpha value is -2.75. The molecule has 0 fully saturated rings. The number of anilines is 1. The zero-order chi connectivity index (χ0) is 22.1. The van der Waals surface area contributed by atoms with E-state index in [4.69, 9.17) is 9.40 Å². The fourth-order valence-electron chi connectivity index (χ4n) is 4.02. The van der Waals surface area contributed by atoms with E-state index in [1.165, 1.54) is 5.69 Å². The van der Waals surface area contributed by atoms with Crippen molar-refractivity contribution < 1.29 is 4.42 Å². The van der Waals surface area contributed by atoms with Gasteiger partial charge in [0, 0.05) is 37.9 Å². The summed E-state index contributed by atoms with van der Waals surface area (Å²) in [5.41, 5.74) is 5.21. The van der Waals surface area contributed by atoms with E-state index in [1.807, 2.05) is 6.07 Å². The fraction of sp³-hybridized carbons (Fsp3) is 0.444. The van der Waals surface area contributed by atoms with Crippen LogP contribution in [0.25, 0.3) is 22.9 Å². The molecule has 4 nitrogen and oxygen atoms in total. The quantitative estimate of drug-likeness (QED) is 0.314. The van der Waals surface area contributed by atoms with Crippen LogP contribution >= 0.6 is 0 Å². The first-order chi connectivity index (χ1) is 15.2. The minimum atomic E-state index is 0.704. The van der Waals surface area contributed by atoms with Crippen LogP contribution in [-0.4, -0.2) is 36.1 Å². The Morgan fingerprint density at radius 2 is 1.48 bits per heavy atom. The molecule has 0 bridgehead atoms. The molecule has 0 atom stereocenters. The maximum absolute atomic E-state index is 6.38. The van der Waals surface area contributed by atoms with Gasteiger partial charge in [-0.15, -0.1) is 0 Å². The van der Waals surface area contributed by atoms with Gasteiger partial charge in [0.15, 0.2) is 5.58 Å². The molecule has 0 amide bonds. The Morgan fingerprint density at radius 3 is 2.10 bits per heavy atom. The number of nitrogens with zero attached hydrogens (tertiary/aromatic N) is 3. The fourth-order valence-corrected chi connectivity index (χ4v) is 4.02. The van der Waals surface area contributed by atoms with Crippen LogP contribution in [0.15, 0.2) is 52.9 Å². The molecule has 3 rings (SSSR count). The van der Waals surface area contributed by atoms with Crippen LogP contribution in [-0.2, 0) is 0 Å². The van der Waals surface area contributed by atoms with Crippen molar-refractivity contribution in [3.8, 4) is 0 Å². The first kappa shape index (κ1) is 22.9. The highest BCUT2D eigenvalue weighted by Crippen LogP contribution is 2.29. The number of oxazole rings is 1. The summed E-state index contributed by atoms with van der Waals surface area (Å²) in [5, 5.41) is 0. The zero-order valence-corrected chi connectivity index (χ0v) is 19.6. The molecule has 1 heterocycles. The van der Waals surface area contributed by atoms with E-state index in [-0.39, 0.29) is 0 Å². The second-order valence-electron chi connectivity index (χ2n) is 8.09. The molecule has 3 aromatic rings. The van der Waals surface area contributed by atoms with E-state index in [0.29, 0.717) is 5.89 Å². The number of hydrogen-bond acceptors (Lipinski definition) is 4. The van der Waals surface area contributed by atoms with Crippen molar-refractivity contribution in [2.75, 3.05) is 31.1 Å². The average molecular weight is 420 g/mol. The van der Waals surface area contributed by atoms with Gasteiger partial charge in [0.05, 0.1) is 0 Å². The van der Waals surface area contributed by atoms with Gasteiger partial charge >= 0.3 is 0 Å². The highest BCUT2D eigenvalue weighted by Gasteiger charge is 2.18. The summed E-state index contributed by atoms with van der Waals surface area (Å²) >= 11 is 0. The van der Waals surface area contributed by atoms with E-state index < -0.39 is 0 Å². The molecule has 31 heavy (non-hydrogen) atoms. The van der Waals surface area contributed by atoms with Crippen LogP contribution < -0.4 is 4.90 Å². The summed E-state index contributed by atoms with van der Waals surface area (Å²) in [5.74, 6) is 0.704. The van der Waals surface area contributed by atoms with Crippen molar-refractivity contribution in [1.29, 1.82) is 0 Å². The number of benzene rings is 2. The number of hydrogen-bond donors (Lipinski definition) is 0. The van der Waals surface area contributed by atoms with Gasteiger partial charge in [0.1, 0.15) is 11.2 Å². The molecule has 0 saturated carbocycles. The SMILES string of the molecule is CCCN(CCC)C(=Cc1ccccc1)c1nc2ccc(N(CCC)CCC)cc2o1. The predicted octanol–water partition coefficient (Wildman–Crippen LogP) is 7.07. The molecular formula is C27H37N3O. The lowest BCUT2D eigenvalue weighted by molar-refractivity contribution is 0.384. The van der Waals surface area contributed by atoms with Crippen LogP contribution in [0.5, 0.6) is 0 Å². The monoisotopic (exact) mass is 419 g/mol. The number of fused-ring (bicyclic) bond motifs is 1. The van der Waals surface area contributed by atoms with Crippen LogP contribution in [0.3, 0.4) is 0 Å². The summed E-state index contributed by atoms with van der Waals surface area (Å²) in [6, 6.07) is 16.9. The molecule has 0 aliphatic rings. The molecule has 0 radical (unpaired) electrons. The standard InChI is InChI=1S/C27H37N3O/c1-5-16-29(17-6-2)23-14-15-24-26(21-23)31-27(28-24)25(30(18-7-3)19-8-4)20-22-12-10-9-11-13-22/h9-15,20-21H,5-8,16-19H2,1-4H3. The lowest BCUT2D eigenvalue weighted by Crippen LogP contribution is -2.24. The van der Waals surface area contributed by atoms with E-state index in [2.05, 4.69) is 86.0 Å². The van der Waals surface area contributed by atoms with Gasteiger partial charge in [-0.2, -0.15) is 0 Å². The van der Waals surface area contributed by atoms with Gasteiger partial charge in [-0.05, 0) is 49.5 Å². The molecule has 1 aromatic heterocycles. The van der Waals surface area contributed by atoms with Crippen LogP contribution in [0.1, 0.15) is 64.8 Å².